The molecule has 5 heteroatoms. The van der Waals surface area contributed by atoms with Crippen LogP contribution in [0.15, 0.2) is 23.0 Å². The fraction of sp³-hybridized carbons (Fsp3) is 0.611. The molecule has 1 aromatic heterocycles. The van der Waals surface area contributed by atoms with Crippen LogP contribution in [0.25, 0.3) is 10.2 Å². The summed E-state index contributed by atoms with van der Waals surface area (Å²) in [5, 5.41) is 1.03. The van der Waals surface area contributed by atoms with Crippen molar-refractivity contribution in [1.82, 2.24) is 9.47 Å². The van der Waals surface area contributed by atoms with Crippen molar-refractivity contribution in [2.24, 2.45) is 0 Å². The van der Waals surface area contributed by atoms with E-state index in [0.29, 0.717) is 0 Å². The van der Waals surface area contributed by atoms with Crippen molar-refractivity contribution < 1.29 is 0 Å². The van der Waals surface area contributed by atoms with E-state index >= 15 is 0 Å². The lowest BCUT2D eigenvalue weighted by Crippen LogP contribution is -2.30. The van der Waals surface area contributed by atoms with E-state index < -0.39 is 0 Å². The summed E-state index contributed by atoms with van der Waals surface area (Å²) in [6.45, 7) is 4.19. The smallest absolute Gasteiger partial charge is 0.302 e. The molecule has 0 radical (unpaired) electrons. The van der Waals surface area contributed by atoms with E-state index in [2.05, 4.69) is 39.0 Å². The fourth-order valence-electron chi connectivity index (χ4n) is 3.35. The molecular formula is C18H25BrN2OS. The highest BCUT2D eigenvalue weighted by Crippen LogP contribution is 2.20. The van der Waals surface area contributed by atoms with Crippen LogP contribution in [0.1, 0.15) is 37.7 Å². The Morgan fingerprint density at radius 1 is 1.09 bits per heavy atom. The Labute approximate surface area is 150 Å². The van der Waals surface area contributed by atoms with Crippen LogP contribution in [0.4, 0.5) is 0 Å². The molecule has 0 unspecified atom stereocenters. The van der Waals surface area contributed by atoms with Crippen LogP contribution in [0.5, 0.6) is 0 Å². The van der Waals surface area contributed by atoms with Gasteiger partial charge in [-0.15, -0.1) is 0 Å². The second kappa shape index (κ2) is 8.45. The molecule has 0 aliphatic carbocycles. The lowest BCUT2D eigenvalue weighted by atomic mass is 10.1. The number of hydrogen-bond acceptors (Lipinski definition) is 3. The molecule has 3 rings (SSSR count). The summed E-state index contributed by atoms with van der Waals surface area (Å²) in [6.07, 6.45) is 7.52. The first-order valence-electron chi connectivity index (χ1n) is 8.68. The van der Waals surface area contributed by atoms with Crippen molar-refractivity contribution in [3.63, 3.8) is 0 Å². The maximum atomic E-state index is 12.4. The average Bonchev–Trinajstić information content (AvgIpc) is 2.73. The summed E-state index contributed by atoms with van der Waals surface area (Å²) >= 11 is 4.87. The maximum Gasteiger partial charge on any atom is 0.308 e. The number of likely N-dealkylation sites (tertiary alicyclic amines) is 1. The van der Waals surface area contributed by atoms with Gasteiger partial charge in [0.05, 0.1) is 10.2 Å². The molecule has 1 aromatic carbocycles. The number of halogens is 1. The van der Waals surface area contributed by atoms with Crippen molar-refractivity contribution in [1.29, 1.82) is 0 Å². The second-order valence-corrected chi connectivity index (χ2v) is 8.16. The number of rotatable bonds is 6. The van der Waals surface area contributed by atoms with Gasteiger partial charge in [0, 0.05) is 18.4 Å². The topological polar surface area (TPSA) is 25.2 Å². The number of hydrogen-bond donors (Lipinski definition) is 0. The van der Waals surface area contributed by atoms with Gasteiger partial charge in [-0.25, -0.2) is 0 Å². The molecular weight excluding hydrogens is 372 g/mol. The normalized spacial score (nSPS) is 16.7. The van der Waals surface area contributed by atoms with E-state index in [1.807, 2.05) is 4.57 Å². The van der Waals surface area contributed by atoms with Crippen molar-refractivity contribution in [3.05, 3.63) is 33.4 Å². The molecule has 2 aromatic rings. The summed E-state index contributed by atoms with van der Waals surface area (Å²) in [5.74, 6) is 0. The second-order valence-electron chi connectivity index (χ2n) is 6.37. The van der Waals surface area contributed by atoms with Crippen molar-refractivity contribution >= 4 is 37.5 Å². The molecule has 1 saturated heterocycles. The van der Waals surface area contributed by atoms with E-state index in [1.165, 1.54) is 55.7 Å². The summed E-state index contributed by atoms with van der Waals surface area (Å²) in [4.78, 5) is 15.1. The Bertz CT molecular complexity index is 686. The Balaban J connectivity index is 1.72. The van der Waals surface area contributed by atoms with Crippen LogP contribution < -0.4 is 4.87 Å². The lowest BCUT2D eigenvalue weighted by molar-refractivity contribution is 0.274. The molecule has 0 atom stereocenters. The zero-order valence-electron chi connectivity index (χ0n) is 13.6. The van der Waals surface area contributed by atoms with Crippen LogP contribution in [-0.4, -0.2) is 34.4 Å². The third-order valence-corrected chi connectivity index (χ3v) is 6.17. The minimum absolute atomic E-state index is 0.187. The monoisotopic (exact) mass is 396 g/mol. The lowest BCUT2D eigenvalue weighted by Gasteiger charge is -2.19. The van der Waals surface area contributed by atoms with Gasteiger partial charge in [0.15, 0.2) is 0 Å². The highest BCUT2D eigenvalue weighted by atomic mass is 79.9. The Morgan fingerprint density at radius 2 is 1.87 bits per heavy atom. The number of aryl methyl sites for hydroxylation is 1. The quantitative estimate of drug-likeness (QED) is 0.681. The van der Waals surface area contributed by atoms with Gasteiger partial charge in [0.2, 0.25) is 0 Å². The zero-order chi connectivity index (χ0) is 16.1. The van der Waals surface area contributed by atoms with Gasteiger partial charge in [0.1, 0.15) is 0 Å². The number of alkyl halides is 1. The SMILES string of the molecule is O=c1sc2cc(CCCBr)ccc2n1CCN1CCCCCC1. The van der Waals surface area contributed by atoms with E-state index in [1.54, 1.807) is 0 Å². The molecule has 126 valence electrons. The standard InChI is InChI=1S/C18H25BrN2OS/c19-9-5-6-15-7-8-16-17(14-15)23-18(22)21(16)13-12-20-10-3-1-2-4-11-20/h7-8,14H,1-6,9-13H2. The number of benzene rings is 1. The highest BCUT2D eigenvalue weighted by Gasteiger charge is 2.12. The Morgan fingerprint density at radius 3 is 2.61 bits per heavy atom. The Hall–Kier alpha value is -0.650. The largest absolute Gasteiger partial charge is 0.308 e. The van der Waals surface area contributed by atoms with Crippen molar-refractivity contribution in [3.8, 4) is 0 Å². The Kier molecular flexibility index (Phi) is 6.31. The third-order valence-electron chi connectivity index (χ3n) is 4.67. The van der Waals surface area contributed by atoms with Crippen LogP contribution >= 0.6 is 27.3 Å². The molecule has 0 saturated carbocycles. The molecule has 1 fully saturated rings. The molecule has 23 heavy (non-hydrogen) atoms. The van der Waals surface area contributed by atoms with Gasteiger partial charge in [0.25, 0.3) is 0 Å². The molecule has 0 bridgehead atoms. The van der Waals surface area contributed by atoms with Crippen LogP contribution in [0, 0.1) is 0 Å². The first-order chi connectivity index (χ1) is 11.3. The van der Waals surface area contributed by atoms with Gasteiger partial charge in [-0.2, -0.15) is 0 Å². The predicted octanol–water partition coefficient (Wildman–Crippen LogP) is 4.27. The van der Waals surface area contributed by atoms with Gasteiger partial charge in [-0.1, -0.05) is 46.2 Å². The minimum atomic E-state index is 0.187. The molecule has 1 aliphatic heterocycles. The van der Waals surface area contributed by atoms with Crippen LogP contribution in [0.3, 0.4) is 0 Å². The number of nitrogens with zero attached hydrogens (tertiary/aromatic N) is 2. The predicted molar refractivity (Wildman–Crippen MR) is 103 cm³/mol. The van der Waals surface area contributed by atoms with Crippen LogP contribution in [-0.2, 0) is 13.0 Å². The summed E-state index contributed by atoms with van der Waals surface area (Å²) in [6, 6.07) is 6.52. The summed E-state index contributed by atoms with van der Waals surface area (Å²) < 4.78 is 3.11. The van der Waals surface area contributed by atoms with Crippen molar-refractivity contribution in [2.75, 3.05) is 25.0 Å². The molecule has 0 N–H and O–H groups in total. The molecule has 1 aliphatic rings. The molecule has 3 nitrogen and oxygen atoms in total. The van der Waals surface area contributed by atoms with E-state index in [9.17, 15) is 4.79 Å². The minimum Gasteiger partial charge on any atom is -0.302 e. The van der Waals surface area contributed by atoms with E-state index in [-0.39, 0.29) is 4.87 Å². The number of thiazole rings is 1. The zero-order valence-corrected chi connectivity index (χ0v) is 16.0. The number of fused-ring (bicyclic) bond motifs is 1. The average molecular weight is 397 g/mol. The van der Waals surface area contributed by atoms with Crippen LogP contribution in [0.2, 0.25) is 0 Å². The molecule has 0 spiro atoms. The number of aromatic nitrogens is 1. The van der Waals surface area contributed by atoms with Gasteiger partial charge in [-0.3, -0.25) is 9.36 Å². The summed E-state index contributed by atoms with van der Waals surface area (Å²) in [7, 11) is 0. The fourth-order valence-corrected chi connectivity index (χ4v) is 4.61. The van der Waals surface area contributed by atoms with E-state index in [0.717, 1.165) is 41.5 Å². The maximum absolute atomic E-state index is 12.4. The summed E-state index contributed by atoms with van der Waals surface area (Å²) in [5.41, 5.74) is 2.44. The first kappa shape index (κ1) is 17.2. The third kappa shape index (κ3) is 4.46. The van der Waals surface area contributed by atoms with Gasteiger partial charge in [-0.05, 0) is 56.5 Å². The molecule has 0 amide bonds. The first-order valence-corrected chi connectivity index (χ1v) is 10.6. The van der Waals surface area contributed by atoms with Gasteiger partial charge >= 0.3 is 4.87 Å². The van der Waals surface area contributed by atoms with E-state index in [4.69, 9.17) is 0 Å². The van der Waals surface area contributed by atoms with Crippen molar-refractivity contribution in [2.45, 2.75) is 45.1 Å². The molecule has 2 heterocycles. The van der Waals surface area contributed by atoms with Gasteiger partial charge < -0.3 is 4.90 Å². The highest BCUT2D eigenvalue weighted by molar-refractivity contribution is 9.09.